The van der Waals surface area contributed by atoms with Crippen molar-refractivity contribution in [2.24, 2.45) is 0 Å². The van der Waals surface area contributed by atoms with Gasteiger partial charge in [0.25, 0.3) is 0 Å². The summed E-state index contributed by atoms with van der Waals surface area (Å²) in [6.07, 6.45) is 0.729. The minimum Gasteiger partial charge on any atom is -0.368 e. The molecule has 154 valence electrons. The molecule has 0 atom stereocenters. The summed E-state index contributed by atoms with van der Waals surface area (Å²) in [5, 5.41) is 2.95. The van der Waals surface area contributed by atoms with Crippen molar-refractivity contribution in [3.8, 4) is 0 Å². The van der Waals surface area contributed by atoms with Crippen LogP contribution in [0.2, 0.25) is 0 Å². The van der Waals surface area contributed by atoms with Gasteiger partial charge in [0.05, 0.1) is 0 Å². The molecule has 0 saturated carbocycles. The fraction of sp³-hybridized carbons (Fsp3) is 0.417. The van der Waals surface area contributed by atoms with Crippen LogP contribution in [0.4, 0.5) is 11.4 Å². The molecular weight excluding hydrogens is 362 g/mol. The van der Waals surface area contributed by atoms with E-state index in [2.05, 4.69) is 49.2 Å². The van der Waals surface area contributed by atoms with Crippen LogP contribution in [0.5, 0.6) is 0 Å². The number of carbonyl (C=O) groups is 2. The van der Waals surface area contributed by atoms with E-state index >= 15 is 0 Å². The Bertz CT molecular complexity index is 899. The summed E-state index contributed by atoms with van der Waals surface area (Å²) in [7, 11) is 0. The van der Waals surface area contributed by atoms with Crippen LogP contribution in [0.25, 0.3) is 0 Å². The van der Waals surface area contributed by atoms with Crippen molar-refractivity contribution < 1.29 is 9.59 Å². The van der Waals surface area contributed by atoms with Crippen LogP contribution in [-0.4, -0.2) is 42.9 Å². The van der Waals surface area contributed by atoms with Gasteiger partial charge in [0.2, 0.25) is 11.8 Å². The van der Waals surface area contributed by atoms with E-state index in [1.54, 1.807) is 4.90 Å². The number of hydrogen-bond donors (Lipinski definition) is 1. The first-order chi connectivity index (χ1) is 13.9. The molecular formula is C24H31N3O2. The molecule has 0 unspecified atom stereocenters. The molecule has 1 N–H and O–H groups in total. The molecule has 5 nitrogen and oxygen atoms in total. The number of nitrogens with one attached hydrogen (secondary N) is 1. The fourth-order valence-electron chi connectivity index (χ4n) is 3.91. The lowest BCUT2D eigenvalue weighted by Crippen LogP contribution is -2.49. The van der Waals surface area contributed by atoms with Gasteiger partial charge < -0.3 is 15.1 Å². The SMILES string of the molecule is CCc1cccc(C)c1NC(=O)CC(=O)N1CCN(c2cccc(C)c2C)CC1. The Balaban J connectivity index is 1.56. The molecule has 2 amide bonds. The van der Waals surface area contributed by atoms with Gasteiger partial charge in [-0.15, -0.1) is 0 Å². The van der Waals surface area contributed by atoms with Crippen molar-refractivity contribution in [2.45, 2.75) is 40.5 Å². The Morgan fingerprint density at radius 3 is 2.28 bits per heavy atom. The fourth-order valence-corrected chi connectivity index (χ4v) is 3.91. The molecule has 5 heteroatoms. The minimum absolute atomic E-state index is 0.102. The zero-order valence-corrected chi connectivity index (χ0v) is 17.9. The van der Waals surface area contributed by atoms with Crippen LogP contribution in [0.3, 0.4) is 0 Å². The molecule has 1 heterocycles. The summed E-state index contributed by atoms with van der Waals surface area (Å²) < 4.78 is 0. The van der Waals surface area contributed by atoms with Crippen LogP contribution in [-0.2, 0) is 16.0 Å². The predicted molar refractivity (Wildman–Crippen MR) is 119 cm³/mol. The third kappa shape index (κ3) is 4.78. The van der Waals surface area contributed by atoms with Gasteiger partial charge in [-0.3, -0.25) is 9.59 Å². The monoisotopic (exact) mass is 393 g/mol. The smallest absolute Gasteiger partial charge is 0.233 e. The molecule has 0 aromatic heterocycles. The Morgan fingerprint density at radius 2 is 1.59 bits per heavy atom. The van der Waals surface area contributed by atoms with E-state index in [1.807, 2.05) is 25.1 Å². The van der Waals surface area contributed by atoms with Crippen LogP contribution < -0.4 is 10.2 Å². The summed E-state index contributed by atoms with van der Waals surface area (Å²) in [5.41, 5.74) is 6.76. The van der Waals surface area contributed by atoms with Gasteiger partial charge in [-0.05, 0) is 55.5 Å². The molecule has 1 saturated heterocycles. The van der Waals surface area contributed by atoms with Crippen molar-refractivity contribution in [3.63, 3.8) is 0 Å². The highest BCUT2D eigenvalue weighted by atomic mass is 16.2. The zero-order valence-electron chi connectivity index (χ0n) is 17.9. The molecule has 1 aliphatic rings. The highest BCUT2D eigenvalue weighted by Gasteiger charge is 2.24. The number of hydrogen-bond acceptors (Lipinski definition) is 3. The average molecular weight is 394 g/mol. The van der Waals surface area contributed by atoms with Crippen LogP contribution in [0.1, 0.15) is 35.6 Å². The number of piperazine rings is 1. The Kier molecular flexibility index (Phi) is 6.57. The number of amides is 2. The number of carbonyl (C=O) groups excluding carboxylic acids is 2. The number of benzene rings is 2. The predicted octanol–water partition coefficient (Wildman–Crippen LogP) is 3.85. The lowest BCUT2D eigenvalue weighted by atomic mass is 10.1. The van der Waals surface area contributed by atoms with E-state index in [1.165, 1.54) is 16.8 Å². The summed E-state index contributed by atoms with van der Waals surface area (Å²) in [6.45, 7) is 11.2. The van der Waals surface area contributed by atoms with Crippen molar-refractivity contribution in [2.75, 3.05) is 36.4 Å². The maximum atomic E-state index is 12.6. The maximum absolute atomic E-state index is 12.6. The lowest BCUT2D eigenvalue weighted by molar-refractivity contribution is -0.134. The summed E-state index contributed by atoms with van der Waals surface area (Å²) >= 11 is 0. The highest BCUT2D eigenvalue weighted by Crippen LogP contribution is 2.24. The molecule has 0 bridgehead atoms. The topological polar surface area (TPSA) is 52.7 Å². The molecule has 0 spiro atoms. The normalized spacial score (nSPS) is 14.1. The maximum Gasteiger partial charge on any atom is 0.233 e. The Hall–Kier alpha value is -2.82. The number of aryl methyl sites for hydroxylation is 3. The van der Waals surface area contributed by atoms with Crippen LogP contribution in [0, 0.1) is 20.8 Å². The van der Waals surface area contributed by atoms with Gasteiger partial charge in [-0.2, -0.15) is 0 Å². The Morgan fingerprint density at radius 1 is 0.931 bits per heavy atom. The van der Waals surface area contributed by atoms with E-state index in [0.29, 0.717) is 13.1 Å². The summed E-state index contributed by atoms with van der Waals surface area (Å²) in [5.74, 6) is -0.342. The molecule has 1 aliphatic heterocycles. The van der Waals surface area contributed by atoms with Crippen molar-refractivity contribution >= 4 is 23.2 Å². The summed E-state index contributed by atoms with van der Waals surface area (Å²) in [4.78, 5) is 29.3. The standard InChI is InChI=1S/C24H31N3O2/c1-5-20-10-6-9-18(3)24(20)25-22(28)16-23(29)27-14-12-26(13-15-27)21-11-7-8-17(2)19(21)4/h6-11H,5,12-16H2,1-4H3,(H,25,28). The molecule has 2 aromatic rings. The number of nitrogens with zero attached hydrogens (tertiary/aromatic N) is 2. The Labute approximate surface area is 173 Å². The van der Waals surface area contributed by atoms with E-state index in [0.717, 1.165) is 36.3 Å². The second-order valence-corrected chi connectivity index (χ2v) is 7.77. The largest absolute Gasteiger partial charge is 0.368 e. The number of para-hydroxylation sites is 1. The zero-order chi connectivity index (χ0) is 21.0. The van der Waals surface area contributed by atoms with Gasteiger partial charge in [-0.25, -0.2) is 0 Å². The summed E-state index contributed by atoms with van der Waals surface area (Å²) in [6, 6.07) is 12.3. The van der Waals surface area contributed by atoms with Gasteiger partial charge in [-0.1, -0.05) is 37.3 Å². The number of anilines is 2. The van der Waals surface area contributed by atoms with Gasteiger partial charge in [0, 0.05) is 37.6 Å². The first kappa shape index (κ1) is 20.9. The van der Waals surface area contributed by atoms with Crippen LogP contribution >= 0.6 is 0 Å². The quantitative estimate of drug-likeness (QED) is 0.785. The first-order valence-electron chi connectivity index (χ1n) is 10.4. The lowest BCUT2D eigenvalue weighted by Gasteiger charge is -2.37. The second-order valence-electron chi connectivity index (χ2n) is 7.77. The molecule has 0 radical (unpaired) electrons. The van der Waals surface area contributed by atoms with Crippen molar-refractivity contribution in [1.82, 2.24) is 4.90 Å². The second kappa shape index (κ2) is 9.12. The van der Waals surface area contributed by atoms with E-state index in [4.69, 9.17) is 0 Å². The van der Waals surface area contributed by atoms with Gasteiger partial charge >= 0.3 is 0 Å². The first-order valence-corrected chi connectivity index (χ1v) is 10.4. The number of rotatable bonds is 5. The average Bonchev–Trinajstić information content (AvgIpc) is 2.71. The molecule has 29 heavy (non-hydrogen) atoms. The molecule has 3 rings (SSSR count). The highest BCUT2D eigenvalue weighted by molar-refractivity contribution is 6.04. The molecule has 1 fully saturated rings. The van der Waals surface area contributed by atoms with Crippen molar-refractivity contribution in [1.29, 1.82) is 0 Å². The van der Waals surface area contributed by atoms with Crippen LogP contribution in [0.15, 0.2) is 36.4 Å². The third-order valence-electron chi connectivity index (χ3n) is 5.87. The van der Waals surface area contributed by atoms with E-state index < -0.39 is 0 Å². The van der Waals surface area contributed by atoms with E-state index in [9.17, 15) is 9.59 Å². The minimum atomic E-state index is -0.240. The molecule has 2 aromatic carbocycles. The molecule has 0 aliphatic carbocycles. The van der Waals surface area contributed by atoms with Gasteiger partial charge in [0.1, 0.15) is 6.42 Å². The van der Waals surface area contributed by atoms with E-state index in [-0.39, 0.29) is 18.2 Å². The third-order valence-corrected chi connectivity index (χ3v) is 5.87. The van der Waals surface area contributed by atoms with Gasteiger partial charge in [0.15, 0.2) is 0 Å². The van der Waals surface area contributed by atoms with Crippen molar-refractivity contribution in [3.05, 3.63) is 58.7 Å².